The Hall–Kier alpha value is -0.160. The van der Waals surface area contributed by atoms with Crippen LogP contribution in [0.5, 0.6) is 0 Å². The molecule has 1 saturated heterocycles. The van der Waals surface area contributed by atoms with Crippen molar-refractivity contribution >= 4 is 0 Å². The Balaban J connectivity index is 1.89. The van der Waals surface area contributed by atoms with Crippen molar-refractivity contribution in [2.24, 2.45) is 5.73 Å². The van der Waals surface area contributed by atoms with Crippen molar-refractivity contribution in [2.75, 3.05) is 32.8 Å². The van der Waals surface area contributed by atoms with Crippen LogP contribution in [0.25, 0.3) is 0 Å². The molecule has 1 aliphatic carbocycles. The first-order valence-electron chi connectivity index (χ1n) is 9.15. The molecule has 0 unspecified atom stereocenters. The van der Waals surface area contributed by atoms with Crippen molar-refractivity contribution in [3.63, 3.8) is 0 Å². The van der Waals surface area contributed by atoms with Gasteiger partial charge >= 0.3 is 0 Å². The van der Waals surface area contributed by atoms with E-state index in [9.17, 15) is 0 Å². The third kappa shape index (κ3) is 6.23. The molecule has 0 aromatic carbocycles. The number of hydrazine groups is 1. The standard InChI is InChI=1S/C17H35N3O/c18-16-17(19-20-12-14-21-15-13-20)10-8-6-4-2-1-3-5-7-9-11-17/h19H,1-16,18H2. The first-order valence-corrected chi connectivity index (χ1v) is 9.15. The molecule has 0 atom stereocenters. The lowest BCUT2D eigenvalue weighted by molar-refractivity contribution is -0.0158. The van der Waals surface area contributed by atoms with E-state index in [-0.39, 0.29) is 5.54 Å². The third-order valence-electron chi connectivity index (χ3n) is 5.11. The van der Waals surface area contributed by atoms with Crippen LogP contribution in [0.1, 0.15) is 70.6 Å². The maximum absolute atomic E-state index is 6.22. The van der Waals surface area contributed by atoms with Gasteiger partial charge in [0.1, 0.15) is 0 Å². The lowest BCUT2D eigenvalue weighted by atomic mass is 9.86. The molecule has 124 valence electrons. The van der Waals surface area contributed by atoms with Crippen molar-refractivity contribution in [3.8, 4) is 0 Å². The highest BCUT2D eigenvalue weighted by molar-refractivity contribution is 4.88. The summed E-state index contributed by atoms with van der Waals surface area (Å²) < 4.78 is 5.45. The number of nitrogens with zero attached hydrogens (tertiary/aromatic N) is 1. The van der Waals surface area contributed by atoms with E-state index < -0.39 is 0 Å². The molecule has 0 radical (unpaired) electrons. The molecule has 2 fully saturated rings. The number of rotatable bonds is 3. The van der Waals surface area contributed by atoms with Crippen LogP contribution in [0.15, 0.2) is 0 Å². The summed E-state index contributed by atoms with van der Waals surface area (Å²) in [5.74, 6) is 0. The molecule has 4 heteroatoms. The monoisotopic (exact) mass is 297 g/mol. The topological polar surface area (TPSA) is 50.5 Å². The summed E-state index contributed by atoms with van der Waals surface area (Å²) in [5, 5.41) is 2.35. The number of nitrogens with two attached hydrogens (primary N) is 1. The predicted molar refractivity (Wildman–Crippen MR) is 88.1 cm³/mol. The average Bonchev–Trinajstić information content (AvgIpc) is 2.51. The molecule has 0 aromatic heterocycles. The van der Waals surface area contributed by atoms with E-state index in [1.807, 2.05) is 0 Å². The number of hydrogen-bond donors (Lipinski definition) is 2. The van der Waals surface area contributed by atoms with Gasteiger partial charge in [0.15, 0.2) is 0 Å². The molecule has 0 bridgehead atoms. The molecular weight excluding hydrogens is 262 g/mol. The van der Waals surface area contributed by atoms with Crippen molar-refractivity contribution in [1.29, 1.82) is 0 Å². The Morgan fingerprint density at radius 3 is 1.76 bits per heavy atom. The first-order chi connectivity index (χ1) is 10.3. The summed E-state index contributed by atoms with van der Waals surface area (Å²) in [6.45, 7) is 4.41. The summed E-state index contributed by atoms with van der Waals surface area (Å²) >= 11 is 0. The summed E-state index contributed by atoms with van der Waals surface area (Å²) in [7, 11) is 0. The zero-order valence-electron chi connectivity index (χ0n) is 13.7. The minimum Gasteiger partial charge on any atom is -0.379 e. The van der Waals surface area contributed by atoms with Crippen LogP contribution in [0.3, 0.4) is 0 Å². The summed E-state index contributed by atoms with van der Waals surface area (Å²) in [6, 6.07) is 0. The fourth-order valence-electron chi connectivity index (χ4n) is 3.66. The predicted octanol–water partition coefficient (Wildman–Crippen LogP) is 2.83. The van der Waals surface area contributed by atoms with Gasteiger partial charge in [-0.3, -0.25) is 0 Å². The van der Waals surface area contributed by atoms with Crippen LogP contribution >= 0.6 is 0 Å². The highest BCUT2D eigenvalue weighted by Crippen LogP contribution is 2.24. The normalized spacial score (nSPS) is 26.7. The van der Waals surface area contributed by atoms with Crippen LogP contribution in [0, 0.1) is 0 Å². The minimum atomic E-state index is 0.122. The molecular formula is C17H35N3O. The summed E-state index contributed by atoms with van der Waals surface area (Å²) in [6.07, 6.45) is 14.9. The summed E-state index contributed by atoms with van der Waals surface area (Å²) in [5.41, 5.74) is 10.1. The lowest BCUT2D eigenvalue weighted by Gasteiger charge is -2.41. The van der Waals surface area contributed by atoms with Gasteiger partial charge in [0.2, 0.25) is 0 Å². The van der Waals surface area contributed by atoms with Gasteiger partial charge in [0.05, 0.1) is 13.2 Å². The zero-order chi connectivity index (χ0) is 14.8. The number of hydrogen-bond acceptors (Lipinski definition) is 4. The van der Waals surface area contributed by atoms with Crippen LogP contribution in [0.4, 0.5) is 0 Å². The maximum atomic E-state index is 6.22. The molecule has 1 heterocycles. The minimum absolute atomic E-state index is 0.122. The smallest absolute Gasteiger partial charge is 0.0608 e. The van der Waals surface area contributed by atoms with Gasteiger partial charge in [0.25, 0.3) is 0 Å². The Morgan fingerprint density at radius 2 is 1.29 bits per heavy atom. The molecule has 2 aliphatic rings. The van der Waals surface area contributed by atoms with E-state index in [1.165, 1.54) is 70.6 Å². The van der Waals surface area contributed by atoms with Crippen molar-refractivity contribution in [3.05, 3.63) is 0 Å². The second-order valence-corrected chi connectivity index (χ2v) is 6.88. The maximum Gasteiger partial charge on any atom is 0.0608 e. The SMILES string of the molecule is NCC1(NN2CCOCC2)CCCCCCCCCCC1. The van der Waals surface area contributed by atoms with E-state index in [1.54, 1.807) is 0 Å². The van der Waals surface area contributed by atoms with Crippen molar-refractivity contribution < 1.29 is 4.74 Å². The van der Waals surface area contributed by atoms with Crippen LogP contribution in [-0.4, -0.2) is 43.4 Å². The van der Waals surface area contributed by atoms with Crippen LogP contribution < -0.4 is 11.2 Å². The van der Waals surface area contributed by atoms with Gasteiger partial charge in [-0.1, -0.05) is 57.8 Å². The number of nitrogens with one attached hydrogen (secondary N) is 1. The molecule has 0 amide bonds. The zero-order valence-corrected chi connectivity index (χ0v) is 13.7. The molecule has 4 nitrogen and oxygen atoms in total. The average molecular weight is 297 g/mol. The molecule has 1 saturated carbocycles. The summed E-state index contributed by atoms with van der Waals surface area (Å²) in [4.78, 5) is 0. The molecule has 1 aliphatic heterocycles. The fourth-order valence-corrected chi connectivity index (χ4v) is 3.66. The van der Waals surface area contributed by atoms with E-state index >= 15 is 0 Å². The van der Waals surface area contributed by atoms with Gasteiger partial charge in [0, 0.05) is 25.2 Å². The van der Waals surface area contributed by atoms with Gasteiger partial charge in [-0.2, -0.15) is 0 Å². The Labute approximate surface area is 130 Å². The van der Waals surface area contributed by atoms with Crippen molar-refractivity contribution in [2.45, 2.75) is 76.2 Å². The Morgan fingerprint density at radius 1 is 0.810 bits per heavy atom. The number of ether oxygens (including phenoxy) is 1. The van der Waals surface area contributed by atoms with E-state index in [0.717, 1.165) is 32.8 Å². The fraction of sp³-hybridized carbons (Fsp3) is 1.00. The second-order valence-electron chi connectivity index (χ2n) is 6.88. The van der Waals surface area contributed by atoms with Crippen molar-refractivity contribution in [1.82, 2.24) is 10.4 Å². The quantitative estimate of drug-likeness (QED) is 0.841. The van der Waals surface area contributed by atoms with Crippen LogP contribution in [0.2, 0.25) is 0 Å². The van der Waals surface area contributed by atoms with Gasteiger partial charge in [-0.15, -0.1) is 0 Å². The molecule has 21 heavy (non-hydrogen) atoms. The Kier molecular flexibility index (Phi) is 8.01. The highest BCUT2D eigenvalue weighted by atomic mass is 16.5. The van der Waals surface area contributed by atoms with Crippen LogP contribution in [-0.2, 0) is 4.74 Å². The van der Waals surface area contributed by atoms with E-state index in [0.29, 0.717) is 0 Å². The van der Waals surface area contributed by atoms with Gasteiger partial charge < -0.3 is 10.5 Å². The first kappa shape index (κ1) is 17.2. The van der Waals surface area contributed by atoms with E-state index in [2.05, 4.69) is 10.4 Å². The van der Waals surface area contributed by atoms with E-state index in [4.69, 9.17) is 10.5 Å². The molecule has 0 spiro atoms. The largest absolute Gasteiger partial charge is 0.379 e. The molecule has 0 aromatic rings. The molecule has 2 rings (SSSR count). The number of morpholine rings is 1. The molecule has 3 N–H and O–H groups in total. The second kappa shape index (κ2) is 9.78. The lowest BCUT2D eigenvalue weighted by Crippen LogP contribution is -2.60. The third-order valence-corrected chi connectivity index (χ3v) is 5.11. The Bertz CT molecular complexity index is 255. The van der Waals surface area contributed by atoms with Gasteiger partial charge in [-0.05, 0) is 12.8 Å². The highest BCUT2D eigenvalue weighted by Gasteiger charge is 2.30. The van der Waals surface area contributed by atoms with Gasteiger partial charge in [-0.25, -0.2) is 10.4 Å².